The minimum atomic E-state index is -3.57. The molecule has 198 valence electrons. The summed E-state index contributed by atoms with van der Waals surface area (Å²) < 4.78 is 31.4. The first-order valence-electron chi connectivity index (χ1n) is 12.1. The van der Waals surface area contributed by atoms with E-state index in [0.717, 1.165) is 11.8 Å². The molecule has 2 amide bonds. The number of benzene rings is 2. The summed E-state index contributed by atoms with van der Waals surface area (Å²) in [4.78, 5) is 27.8. The zero-order valence-corrected chi connectivity index (χ0v) is 23.0. The largest absolute Gasteiger partial charge is 0.497 e. The first kappa shape index (κ1) is 29.2. The topological polar surface area (TPSA) is 96.0 Å². The number of anilines is 1. The van der Waals surface area contributed by atoms with E-state index in [0.29, 0.717) is 30.8 Å². The van der Waals surface area contributed by atoms with Crippen molar-refractivity contribution in [3.8, 4) is 5.75 Å². The molecule has 9 heteroatoms. The normalized spacial score (nSPS) is 12.5. The van der Waals surface area contributed by atoms with Gasteiger partial charge >= 0.3 is 0 Å². The molecule has 1 atom stereocenters. The smallest absolute Gasteiger partial charge is 0.242 e. The van der Waals surface area contributed by atoms with Crippen LogP contribution in [0.25, 0.3) is 0 Å². The minimum Gasteiger partial charge on any atom is -0.497 e. The Morgan fingerprint density at radius 1 is 1.03 bits per heavy atom. The lowest BCUT2D eigenvalue weighted by Gasteiger charge is -2.32. The van der Waals surface area contributed by atoms with Crippen LogP contribution in [-0.2, 0) is 26.0 Å². The third kappa shape index (κ3) is 9.18. The Bertz CT molecular complexity index is 1110. The third-order valence-electron chi connectivity index (χ3n) is 5.64. The van der Waals surface area contributed by atoms with Crippen molar-refractivity contribution in [1.82, 2.24) is 10.2 Å². The lowest BCUT2D eigenvalue weighted by molar-refractivity contribution is -0.140. The van der Waals surface area contributed by atoms with Gasteiger partial charge in [-0.2, -0.15) is 0 Å². The van der Waals surface area contributed by atoms with Gasteiger partial charge in [0, 0.05) is 31.1 Å². The highest BCUT2D eigenvalue weighted by Gasteiger charge is 2.28. The van der Waals surface area contributed by atoms with Gasteiger partial charge in [0.2, 0.25) is 21.8 Å². The van der Waals surface area contributed by atoms with Gasteiger partial charge in [0.05, 0.1) is 19.1 Å². The lowest BCUT2D eigenvalue weighted by Crippen LogP contribution is -2.53. The number of nitrogens with zero attached hydrogens (tertiary/aromatic N) is 2. The maximum absolute atomic E-state index is 13.3. The van der Waals surface area contributed by atoms with Gasteiger partial charge in [0.25, 0.3) is 0 Å². The van der Waals surface area contributed by atoms with Gasteiger partial charge in [-0.15, -0.1) is 0 Å². The minimum absolute atomic E-state index is 0.109. The van der Waals surface area contributed by atoms with Crippen LogP contribution in [0.5, 0.6) is 5.75 Å². The summed E-state index contributed by atoms with van der Waals surface area (Å²) in [6.07, 6.45) is 2.16. The summed E-state index contributed by atoms with van der Waals surface area (Å²) in [7, 11) is -2.05. The summed E-state index contributed by atoms with van der Waals surface area (Å²) in [5.74, 6) is 0.127. The highest BCUT2D eigenvalue weighted by molar-refractivity contribution is 7.92. The molecular weight excluding hydrogens is 478 g/mol. The number of hydrogen-bond donors (Lipinski definition) is 1. The molecule has 36 heavy (non-hydrogen) atoms. The predicted octanol–water partition coefficient (Wildman–Crippen LogP) is 3.62. The first-order valence-corrected chi connectivity index (χ1v) is 13.9. The van der Waals surface area contributed by atoms with Gasteiger partial charge in [-0.1, -0.05) is 36.4 Å². The Balaban J connectivity index is 2.14. The SMILES string of the molecule is COc1cccc(N(CCCC(=O)N(CCc2ccccc2)C(C)C(=O)NC(C)(C)C)S(C)(=O)=O)c1. The van der Waals surface area contributed by atoms with Crippen LogP contribution in [0.2, 0.25) is 0 Å². The Labute approximate surface area is 215 Å². The van der Waals surface area contributed by atoms with Crippen molar-refractivity contribution in [3.63, 3.8) is 0 Å². The number of carbonyl (C=O) groups is 2. The molecule has 0 aliphatic heterocycles. The van der Waals surface area contributed by atoms with Crippen LogP contribution in [0.4, 0.5) is 5.69 Å². The second-order valence-corrected chi connectivity index (χ2v) is 11.8. The van der Waals surface area contributed by atoms with E-state index in [4.69, 9.17) is 4.74 Å². The van der Waals surface area contributed by atoms with Crippen LogP contribution in [0.3, 0.4) is 0 Å². The number of carbonyl (C=O) groups excluding carboxylic acids is 2. The lowest BCUT2D eigenvalue weighted by atomic mass is 10.1. The van der Waals surface area contributed by atoms with Crippen molar-refractivity contribution in [2.24, 2.45) is 0 Å². The maximum Gasteiger partial charge on any atom is 0.242 e. The Morgan fingerprint density at radius 2 is 1.69 bits per heavy atom. The molecule has 0 fully saturated rings. The predicted molar refractivity (Wildman–Crippen MR) is 144 cm³/mol. The molecule has 2 aromatic rings. The zero-order valence-electron chi connectivity index (χ0n) is 22.2. The Morgan fingerprint density at radius 3 is 2.28 bits per heavy atom. The molecule has 8 nitrogen and oxygen atoms in total. The second kappa shape index (κ2) is 12.8. The van der Waals surface area contributed by atoms with E-state index in [1.54, 1.807) is 36.1 Å². The van der Waals surface area contributed by atoms with Gasteiger partial charge in [-0.25, -0.2) is 8.42 Å². The van der Waals surface area contributed by atoms with Crippen molar-refractivity contribution >= 4 is 27.5 Å². The van der Waals surface area contributed by atoms with Crippen molar-refractivity contribution in [2.75, 3.05) is 30.8 Å². The summed E-state index contributed by atoms with van der Waals surface area (Å²) in [5.41, 5.74) is 1.12. The van der Waals surface area contributed by atoms with Gasteiger partial charge < -0.3 is 15.0 Å². The third-order valence-corrected chi connectivity index (χ3v) is 6.84. The molecule has 0 aromatic heterocycles. The van der Waals surface area contributed by atoms with Crippen LogP contribution in [-0.4, -0.2) is 63.2 Å². The zero-order chi connectivity index (χ0) is 26.9. The van der Waals surface area contributed by atoms with E-state index in [2.05, 4.69) is 5.32 Å². The highest BCUT2D eigenvalue weighted by Crippen LogP contribution is 2.23. The summed E-state index contributed by atoms with van der Waals surface area (Å²) in [6.45, 7) is 7.92. The number of methoxy groups -OCH3 is 1. The van der Waals surface area contributed by atoms with Gasteiger partial charge in [-0.05, 0) is 58.2 Å². The van der Waals surface area contributed by atoms with Crippen LogP contribution >= 0.6 is 0 Å². The van der Waals surface area contributed by atoms with Crippen LogP contribution < -0.4 is 14.4 Å². The number of sulfonamides is 1. The van der Waals surface area contributed by atoms with Crippen molar-refractivity contribution < 1.29 is 22.7 Å². The Hall–Kier alpha value is -3.07. The van der Waals surface area contributed by atoms with Gasteiger partial charge in [0.15, 0.2) is 0 Å². The van der Waals surface area contributed by atoms with E-state index in [1.807, 2.05) is 51.1 Å². The number of rotatable bonds is 12. The fraction of sp³-hybridized carbons (Fsp3) is 0.481. The summed E-state index contributed by atoms with van der Waals surface area (Å²) >= 11 is 0. The van der Waals surface area contributed by atoms with E-state index >= 15 is 0 Å². The average Bonchev–Trinajstić information content (AvgIpc) is 2.80. The highest BCUT2D eigenvalue weighted by atomic mass is 32.2. The molecular formula is C27H39N3O5S. The van der Waals surface area contributed by atoms with Crippen molar-refractivity contribution in [2.45, 2.75) is 58.5 Å². The van der Waals surface area contributed by atoms with Gasteiger partial charge in [0.1, 0.15) is 11.8 Å². The molecule has 0 spiro atoms. The standard InChI is InChI=1S/C27H39N3O5S/c1-21(26(32)28-27(2,3)4)29(19-17-22-12-8-7-9-13-22)25(31)16-11-18-30(36(6,33)34)23-14-10-15-24(20-23)35-5/h7-10,12-15,20-21H,11,16-19H2,1-6H3,(H,28,32). The maximum atomic E-state index is 13.3. The monoisotopic (exact) mass is 517 g/mol. The number of hydrogen-bond acceptors (Lipinski definition) is 5. The van der Waals surface area contributed by atoms with Crippen LogP contribution in [0.15, 0.2) is 54.6 Å². The van der Waals surface area contributed by atoms with E-state index in [9.17, 15) is 18.0 Å². The quantitative estimate of drug-likeness (QED) is 0.464. The number of nitrogens with one attached hydrogen (secondary N) is 1. The van der Waals surface area contributed by atoms with Crippen LogP contribution in [0, 0.1) is 0 Å². The number of ether oxygens (including phenoxy) is 1. The van der Waals surface area contributed by atoms with Crippen molar-refractivity contribution in [1.29, 1.82) is 0 Å². The number of amides is 2. The van der Waals surface area contributed by atoms with E-state index in [1.165, 1.54) is 11.4 Å². The van der Waals surface area contributed by atoms with Gasteiger partial charge in [-0.3, -0.25) is 13.9 Å². The Kier molecular flexibility index (Phi) is 10.3. The molecule has 0 radical (unpaired) electrons. The fourth-order valence-electron chi connectivity index (χ4n) is 3.81. The van der Waals surface area contributed by atoms with Crippen LogP contribution in [0.1, 0.15) is 46.1 Å². The van der Waals surface area contributed by atoms with Crippen molar-refractivity contribution in [3.05, 3.63) is 60.2 Å². The summed E-state index contributed by atoms with van der Waals surface area (Å²) in [6, 6.07) is 15.9. The fourth-order valence-corrected chi connectivity index (χ4v) is 4.77. The molecule has 1 unspecified atom stereocenters. The molecule has 0 aliphatic carbocycles. The molecule has 0 aliphatic rings. The second-order valence-electron chi connectivity index (χ2n) is 9.88. The molecule has 0 heterocycles. The average molecular weight is 518 g/mol. The molecule has 2 rings (SSSR count). The molecule has 0 saturated carbocycles. The molecule has 0 saturated heterocycles. The van der Waals surface area contributed by atoms with E-state index < -0.39 is 21.6 Å². The summed E-state index contributed by atoms with van der Waals surface area (Å²) in [5, 5.41) is 2.95. The molecule has 2 aromatic carbocycles. The van der Waals surface area contributed by atoms with E-state index in [-0.39, 0.29) is 24.8 Å². The molecule has 0 bridgehead atoms. The first-order chi connectivity index (χ1) is 16.8. The molecule has 1 N–H and O–H groups in total.